The summed E-state index contributed by atoms with van der Waals surface area (Å²) in [5.41, 5.74) is 0. The number of ether oxygens (including phenoxy) is 1. The molecule has 1 aliphatic carbocycles. The van der Waals surface area contributed by atoms with Gasteiger partial charge in [0.1, 0.15) is 6.04 Å². The van der Waals surface area contributed by atoms with Gasteiger partial charge in [-0.3, -0.25) is 4.79 Å². The highest BCUT2D eigenvalue weighted by atomic mass is 16.5. The molecule has 3 atom stereocenters. The van der Waals surface area contributed by atoms with Gasteiger partial charge in [-0.15, -0.1) is 0 Å². The van der Waals surface area contributed by atoms with Crippen molar-refractivity contribution in [2.24, 2.45) is 11.8 Å². The van der Waals surface area contributed by atoms with E-state index in [0.717, 1.165) is 31.2 Å². The van der Waals surface area contributed by atoms with E-state index in [2.05, 4.69) is 19.2 Å². The molecule has 3 nitrogen and oxygen atoms in total. The molecule has 1 N–H and O–H groups in total. The van der Waals surface area contributed by atoms with E-state index >= 15 is 0 Å². The summed E-state index contributed by atoms with van der Waals surface area (Å²) in [5.74, 6) is 1.65. The Hall–Kier alpha value is -0.570. The largest absolute Gasteiger partial charge is 0.465 e. The lowest BCUT2D eigenvalue weighted by Crippen LogP contribution is -2.39. The van der Waals surface area contributed by atoms with Crippen LogP contribution in [0.15, 0.2) is 0 Å². The number of hydrogen-bond donors (Lipinski definition) is 1. The van der Waals surface area contributed by atoms with Crippen molar-refractivity contribution in [3.63, 3.8) is 0 Å². The molecule has 1 saturated carbocycles. The van der Waals surface area contributed by atoms with Crippen LogP contribution in [-0.2, 0) is 9.53 Å². The standard InChI is InChI=1S/C16H31NO2/c1-4-7-15(16(18)19-5-2)17-11-10-14-9-6-8-13(3)12-14/h13-15,17H,4-12H2,1-3H3. The second kappa shape index (κ2) is 9.35. The monoisotopic (exact) mass is 269 g/mol. The minimum atomic E-state index is -0.106. The lowest BCUT2D eigenvalue weighted by Gasteiger charge is -2.27. The molecule has 0 radical (unpaired) electrons. The molecule has 3 heteroatoms. The maximum atomic E-state index is 11.8. The van der Waals surface area contributed by atoms with E-state index in [0.29, 0.717) is 6.61 Å². The normalized spacial score (nSPS) is 25.0. The summed E-state index contributed by atoms with van der Waals surface area (Å²) in [6.45, 7) is 7.75. The minimum Gasteiger partial charge on any atom is -0.465 e. The molecule has 0 aromatic rings. The van der Waals surface area contributed by atoms with Crippen molar-refractivity contribution < 1.29 is 9.53 Å². The van der Waals surface area contributed by atoms with Crippen LogP contribution >= 0.6 is 0 Å². The Morgan fingerprint density at radius 2 is 2.16 bits per heavy atom. The first-order chi connectivity index (χ1) is 9.17. The van der Waals surface area contributed by atoms with Gasteiger partial charge in [0.25, 0.3) is 0 Å². The molecule has 0 saturated heterocycles. The number of rotatable bonds is 8. The van der Waals surface area contributed by atoms with Crippen molar-refractivity contribution in [2.45, 2.75) is 71.8 Å². The zero-order chi connectivity index (χ0) is 14.1. The minimum absolute atomic E-state index is 0.0821. The van der Waals surface area contributed by atoms with Crippen molar-refractivity contribution >= 4 is 5.97 Å². The number of esters is 1. The molecule has 19 heavy (non-hydrogen) atoms. The summed E-state index contributed by atoms with van der Waals surface area (Å²) in [4.78, 5) is 11.8. The third-order valence-corrected chi connectivity index (χ3v) is 4.14. The summed E-state index contributed by atoms with van der Waals surface area (Å²) < 4.78 is 5.11. The van der Waals surface area contributed by atoms with E-state index in [-0.39, 0.29) is 12.0 Å². The molecule has 0 spiro atoms. The van der Waals surface area contributed by atoms with Gasteiger partial charge in [-0.2, -0.15) is 0 Å². The van der Waals surface area contributed by atoms with E-state index < -0.39 is 0 Å². The van der Waals surface area contributed by atoms with Crippen LogP contribution in [0.1, 0.15) is 65.7 Å². The fraction of sp³-hybridized carbons (Fsp3) is 0.938. The maximum Gasteiger partial charge on any atom is 0.323 e. The van der Waals surface area contributed by atoms with Gasteiger partial charge >= 0.3 is 5.97 Å². The van der Waals surface area contributed by atoms with Crippen LogP contribution in [0.3, 0.4) is 0 Å². The summed E-state index contributed by atoms with van der Waals surface area (Å²) in [7, 11) is 0. The first-order valence-corrected chi connectivity index (χ1v) is 8.07. The Morgan fingerprint density at radius 3 is 2.79 bits per heavy atom. The quantitative estimate of drug-likeness (QED) is 0.685. The second-order valence-electron chi connectivity index (χ2n) is 5.97. The number of nitrogens with one attached hydrogen (secondary N) is 1. The Labute approximate surface area is 118 Å². The molecule has 0 aromatic carbocycles. The number of carbonyl (C=O) groups excluding carboxylic acids is 1. The summed E-state index contributed by atoms with van der Waals surface area (Å²) >= 11 is 0. The van der Waals surface area contributed by atoms with Gasteiger partial charge in [0.15, 0.2) is 0 Å². The average molecular weight is 269 g/mol. The highest BCUT2D eigenvalue weighted by molar-refractivity contribution is 5.75. The first kappa shape index (κ1) is 16.5. The smallest absolute Gasteiger partial charge is 0.323 e. The second-order valence-corrected chi connectivity index (χ2v) is 5.97. The lowest BCUT2D eigenvalue weighted by atomic mass is 9.81. The van der Waals surface area contributed by atoms with E-state index in [4.69, 9.17) is 4.74 Å². The summed E-state index contributed by atoms with van der Waals surface area (Å²) in [6.07, 6.45) is 8.58. The Morgan fingerprint density at radius 1 is 1.37 bits per heavy atom. The third-order valence-electron chi connectivity index (χ3n) is 4.14. The zero-order valence-electron chi connectivity index (χ0n) is 12.9. The van der Waals surface area contributed by atoms with Crippen LogP contribution < -0.4 is 5.32 Å². The summed E-state index contributed by atoms with van der Waals surface area (Å²) in [6, 6.07) is -0.106. The number of carbonyl (C=O) groups is 1. The van der Waals surface area contributed by atoms with E-state index in [1.165, 1.54) is 32.1 Å². The molecular weight excluding hydrogens is 238 g/mol. The van der Waals surface area contributed by atoms with Crippen molar-refractivity contribution in [1.29, 1.82) is 0 Å². The Bertz CT molecular complexity index is 255. The zero-order valence-corrected chi connectivity index (χ0v) is 12.9. The molecule has 0 heterocycles. The molecule has 112 valence electrons. The van der Waals surface area contributed by atoms with Gasteiger partial charge in [0, 0.05) is 0 Å². The SMILES string of the molecule is CCCC(NCCC1CCCC(C)C1)C(=O)OCC. The van der Waals surface area contributed by atoms with Crippen LogP contribution in [0, 0.1) is 11.8 Å². The predicted octanol–water partition coefficient (Wildman–Crippen LogP) is 3.52. The van der Waals surface area contributed by atoms with Crippen molar-refractivity contribution in [2.75, 3.05) is 13.2 Å². The van der Waals surface area contributed by atoms with Gasteiger partial charge < -0.3 is 10.1 Å². The van der Waals surface area contributed by atoms with Crippen molar-refractivity contribution in [1.82, 2.24) is 5.32 Å². The Balaban J connectivity index is 2.25. The predicted molar refractivity (Wildman–Crippen MR) is 79.1 cm³/mol. The molecular formula is C16H31NO2. The maximum absolute atomic E-state index is 11.8. The molecule has 0 aliphatic heterocycles. The molecule has 1 fully saturated rings. The lowest BCUT2D eigenvalue weighted by molar-refractivity contribution is -0.145. The van der Waals surface area contributed by atoms with E-state index in [1.54, 1.807) is 0 Å². The van der Waals surface area contributed by atoms with Crippen LogP contribution in [0.2, 0.25) is 0 Å². The van der Waals surface area contributed by atoms with Gasteiger partial charge in [-0.1, -0.05) is 39.5 Å². The van der Waals surface area contributed by atoms with Crippen molar-refractivity contribution in [3.05, 3.63) is 0 Å². The van der Waals surface area contributed by atoms with Crippen LogP contribution in [-0.4, -0.2) is 25.2 Å². The average Bonchev–Trinajstić information content (AvgIpc) is 2.38. The number of hydrogen-bond acceptors (Lipinski definition) is 3. The molecule has 0 amide bonds. The van der Waals surface area contributed by atoms with Crippen LogP contribution in [0.25, 0.3) is 0 Å². The van der Waals surface area contributed by atoms with Gasteiger partial charge in [-0.05, 0) is 44.6 Å². The van der Waals surface area contributed by atoms with Gasteiger partial charge in [0.05, 0.1) is 6.61 Å². The van der Waals surface area contributed by atoms with Crippen molar-refractivity contribution in [3.8, 4) is 0 Å². The summed E-state index contributed by atoms with van der Waals surface area (Å²) in [5, 5.41) is 3.39. The van der Waals surface area contributed by atoms with E-state index in [9.17, 15) is 4.79 Å². The fourth-order valence-corrected chi connectivity index (χ4v) is 3.12. The topological polar surface area (TPSA) is 38.3 Å². The molecule has 1 aliphatic rings. The first-order valence-electron chi connectivity index (χ1n) is 8.07. The fourth-order valence-electron chi connectivity index (χ4n) is 3.12. The van der Waals surface area contributed by atoms with E-state index in [1.807, 2.05) is 6.92 Å². The highest BCUT2D eigenvalue weighted by Crippen LogP contribution is 2.30. The molecule has 1 rings (SSSR count). The van der Waals surface area contributed by atoms with Crippen LogP contribution in [0.4, 0.5) is 0 Å². The molecule has 0 aromatic heterocycles. The highest BCUT2D eigenvalue weighted by Gasteiger charge is 2.21. The van der Waals surface area contributed by atoms with Crippen LogP contribution in [0.5, 0.6) is 0 Å². The third kappa shape index (κ3) is 6.42. The Kier molecular flexibility index (Phi) is 8.11. The molecule has 0 bridgehead atoms. The molecule has 3 unspecified atom stereocenters. The van der Waals surface area contributed by atoms with Gasteiger partial charge in [0.2, 0.25) is 0 Å². The van der Waals surface area contributed by atoms with Gasteiger partial charge in [-0.25, -0.2) is 0 Å².